The van der Waals surface area contributed by atoms with Crippen LogP contribution in [0.1, 0.15) is 24.1 Å². The standard InChI is InChI=1S/C19H17F7N4O3/c20-13-7-11(1-2-12(13)18(21,22)23)29-16-27-9-14(15(30-16)19(24,25)26)33-17(31)28-8-10-3-5-32-6-4-10/h1-2,7,9-10H,3-6,8H2,(H,28,31)(H,27,29,30). The molecule has 3 rings (SSSR count). The number of aromatic nitrogens is 2. The maximum absolute atomic E-state index is 13.7. The van der Waals surface area contributed by atoms with E-state index in [4.69, 9.17) is 9.47 Å². The number of anilines is 2. The second-order valence-corrected chi connectivity index (χ2v) is 7.05. The van der Waals surface area contributed by atoms with Gasteiger partial charge in [-0.25, -0.2) is 19.2 Å². The number of amides is 1. The highest BCUT2D eigenvalue weighted by Crippen LogP contribution is 2.36. The first kappa shape index (κ1) is 24.5. The first-order chi connectivity index (χ1) is 15.4. The Kier molecular flexibility index (Phi) is 7.25. The molecule has 7 nitrogen and oxygen atoms in total. The van der Waals surface area contributed by atoms with E-state index in [1.165, 1.54) is 0 Å². The van der Waals surface area contributed by atoms with E-state index in [-0.39, 0.29) is 18.2 Å². The van der Waals surface area contributed by atoms with Gasteiger partial charge in [0.1, 0.15) is 5.82 Å². The molecule has 1 saturated heterocycles. The summed E-state index contributed by atoms with van der Waals surface area (Å²) in [5.41, 5.74) is -3.47. The summed E-state index contributed by atoms with van der Waals surface area (Å²) in [5.74, 6) is -3.21. The van der Waals surface area contributed by atoms with Gasteiger partial charge < -0.3 is 20.1 Å². The summed E-state index contributed by atoms with van der Waals surface area (Å²) >= 11 is 0. The lowest BCUT2D eigenvalue weighted by atomic mass is 10.0. The summed E-state index contributed by atoms with van der Waals surface area (Å²) in [6.45, 7) is 1.22. The predicted octanol–water partition coefficient (Wildman–Crippen LogP) is 4.91. The minimum atomic E-state index is -5.05. The van der Waals surface area contributed by atoms with Crippen LogP contribution in [0.2, 0.25) is 0 Å². The topological polar surface area (TPSA) is 85.4 Å². The van der Waals surface area contributed by atoms with E-state index in [0.717, 1.165) is 6.07 Å². The van der Waals surface area contributed by atoms with Crippen LogP contribution in [0.4, 0.5) is 47.2 Å². The Bertz CT molecular complexity index is 992. The SMILES string of the molecule is O=C(NCC1CCOCC1)Oc1cnc(Nc2ccc(C(F)(F)F)c(F)c2)nc1C(F)(F)F. The highest BCUT2D eigenvalue weighted by atomic mass is 19.4. The zero-order chi connectivity index (χ0) is 24.2. The van der Waals surface area contributed by atoms with Crippen molar-refractivity contribution in [1.82, 2.24) is 15.3 Å². The molecule has 0 unspecified atom stereocenters. The van der Waals surface area contributed by atoms with Crippen LogP contribution in [0.3, 0.4) is 0 Å². The summed E-state index contributed by atoms with van der Waals surface area (Å²) in [5, 5.41) is 4.56. The molecule has 1 aromatic carbocycles. The van der Waals surface area contributed by atoms with Gasteiger partial charge >= 0.3 is 18.4 Å². The predicted molar refractivity (Wildman–Crippen MR) is 99.3 cm³/mol. The van der Waals surface area contributed by atoms with E-state index in [0.29, 0.717) is 44.4 Å². The number of nitrogens with zero attached hydrogens (tertiary/aromatic N) is 2. The summed E-state index contributed by atoms with van der Waals surface area (Å²) in [6.07, 6.45) is -9.19. The zero-order valence-corrected chi connectivity index (χ0v) is 16.7. The number of alkyl halides is 6. The molecule has 14 heteroatoms. The van der Waals surface area contributed by atoms with E-state index in [2.05, 4.69) is 20.6 Å². The van der Waals surface area contributed by atoms with E-state index in [1.807, 2.05) is 0 Å². The quantitative estimate of drug-likeness (QED) is 0.589. The lowest BCUT2D eigenvalue weighted by Gasteiger charge is -2.22. The molecule has 0 radical (unpaired) electrons. The molecule has 1 aliphatic heterocycles. The molecule has 2 aromatic rings. The third kappa shape index (κ3) is 6.66. The van der Waals surface area contributed by atoms with Crippen molar-refractivity contribution in [1.29, 1.82) is 0 Å². The Balaban J connectivity index is 1.72. The van der Waals surface area contributed by atoms with Crippen molar-refractivity contribution >= 4 is 17.7 Å². The zero-order valence-electron chi connectivity index (χ0n) is 16.7. The molecule has 0 spiro atoms. The van der Waals surface area contributed by atoms with Crippen molar-refractivity contribution in [2.45, 2.75) is 25.2 Å². The van der Waals surface area contributed by atoms with Crippen molar-refractivity contribution in [2.24, 2.45) is 5.92 Å². The van der Waals surface area contributed by atoms with Gasteiger partial charge in [-0.1, -0.05) is 0 Å². The van der Waals surface area contributed by atoms with Gasteiger partial charge in [0, 0.05) is 25.4 Å². The van der Waals surface area contributed by atoms with Gasteiger partial charge in [-0.05, 0) is 37.0 Å². The Morgan fingerprint density at radius 1 is 1.12 bits per heavy atom. The van der Waals surface area contributed by atoms with Crippen LogP contribution in [0.5, 0.6) is 5.75 Å². The second-order valence-electron chi connectivity index (χ2n) is 7.05. The summed E-state index contributed by atoms with van der Waals surface area (Å²) in [4.78, 5) is 18.7. The number of ether oxygens (including phenoxy) is 2. The van der Waals surface area contributed by atoms with Crippen LogP contribution in [0.25, 0.3) is 0 Å². The third-order valence-electron chi connectivity index (χ3n) is 4.63. The third-order valence-corrected chi connectivity index (χ3v) is 4.63. The maximum atomic E-state index is 13.7. The van der Waals surface area contributed by atoms with Crippen molar-refractivity contribution in [3.63, 3.8) is 0 Å². The molecule has 1 aliphatic rings. The lowest BCUT2D eigenvalue weighted by molar-refractivity contribution is -0.142. The second kappa shape index (κ2) is 9.77. The normalized spacial score (nSPS) is 15.2. The van der Waals surface area contributed by atoms with E-state index >= 15 is 0 Å². The van der Waals surface area contributed by atoms with Crippen LogP contribution in [-0.4, -0.2) is 35.8 Å². The van der Waals surface area contributed by atoms with Crippen molar-refractivity contribution in [3.8, 4) is 5.75 Å². The fraction of sp³-hybridized carbons (Fsp3) is 0.421. The number of benzene rings is 1. The first-order valence-electron chi connectivity index (χ1n) is 9.55. The molecule has 1 amide bonds. The van der Waals surface area contributed by atoms with Crippen LogP contribution < -0.4 is 15.4 Å². The fourth-order valence-corrected chi connectivity index (χ4v) is 2.97. The molecule has 1 aromatic heterocycles. The molecule has 180 valence electrons. The number of hydrogen-bond acceptors (Lipinski definition) is 6. The van der Waals surface area contributed by atoms with Crippen molar-refractivity contribution in [3.05, 3.63) is 41.5 Å². The number of halogens is 7. The summed E-state index contributed by atoms with van der Waals surface area (Å²) in [7, 11) is 0. The van der Waals surface area contributed by atoms with Gasteiger partial charge in [-0.15, -0.1) is 0 Å². The average molecular weight is 482 g/mol. The monoisotopic (exact) mass is 482 g/mol. The van der Waals surface area contributed by atoms with Crippen LogP contribution in [0, 0.1) is 11.7 Å². The van der Waals surface area contributed by atoms with Crippen molar-refractivity contribution < 1.29 is 45.0 Å². The van der Waals surface area contributed by atoms with Crippen LogP contribution in [-0.2, 0) is 17.1 Å². The Labute approximate surface area is 182 Å². The number of rotatable bonds is 5. The van der Waals surface area contributed by atoms with Crippen LogP contribution in [0.15, 0.2) is 24.4 Å². The van der Waals surface area contributed by atoms with Gasteiger partial charge in [0.15, 0.2) is 11.4 Å². The van der Waals surface area contributed by atoms with Crippen LogP contribution >= 0.6 is 0 Å². The Morgan fingerprint density at radius 3 is 2.42 bits per heavy atom. The smallest absolute Gasteiger partial charge is 0.406 e. The molecular formula is C19H17F7N4O3. The van der Waals surface area contributed by atoms with E-state index in [9.17, 15) is 35.5 Å². The summed E-state index contributed by atoms with van der Waals surface area (Å²) < 4.78 is 102. The molecule has 2 heterocycles. The van der Waals surface area contributed by atoms with Gasteiger partial charge in [0.2, 0.25) is 5.95 Å². The maximum Gasteiger partial charge on any atom is 0.437 e. The molecule has 1 fully saturated rings. The van der Waals surface area contributed by atoms with E-state index in [1.54, 1.807) is 0 Å². The Morgan fingerprint density at radius 2 is 1.82 bits per heavy atom. The molecule has 2 N–H and O–H groups in total. The van der Waals surface area contributed by atoms with Gasteiger partial charge in [0.05, 0.1) is 11.8 Å². The van der Waals surface area contributed by atoms with Gasteiger partial charge in [-0.2, -0.15) is 26.3 Å². The minimum absolute atomic E-state index is 0.0975. The Hall–Kier alpha value is -3.16. The van der Waals surface area contributed by atoms with E-state index < -0.39 is 47.2 Å². The molecular weight excluding hydrogens is 465 g/mol. The first-order valence-corrected chi connectivity index (χ1v) is 9.55. The number of nitrogens with one attached hydrogen (secondary N) is 2. The molecule has 33 heavy (non-hydrogen) atoms. The van der Waals surface area contributed by atoms with Crippen molar-refractivity contribution in [2.75, 3.05) is 25.1 Å². The molecule has 0 bridgehead atoms. The number of carbonyl (C=O) groups is 1. The highest BCUT2D eigenvalue weighted by Gasteiger charge is 2.38. The fourth-order valence-electron chi connectivity index (χ4n) is 2.97. The lowest BCUT2D eigenvalue weighted by Crippen LogP contribution is -2.34. The molecule has 0 saturated carbocycles. The average Bonchev–Trinajstić information content (AvgIpc) is 2.72. The largest absolute Gasteiger partial charge is 0.437 e. The number of carbonyl (C=O) groups excluding carboxylic acids is 1. The highest BCUT2D eigenvalue weighted by molar-refractivity contribution is 5.70. The van der Waals surface area contributed by atoms with Gasteiger partial charge in [-0.3, -0.25) is 0 Å². The minimum Gasteiger partial charge on any atom is -0.406 e. The molecule has 0 atom stereocenters. The summed E-state index contributed by atoms with van der Waals surface area (Å²) in [6, 6.07) is 1.66. The number of hydrogen-bond donors (Lipinski definition) is 2. The van der Waals surface area contributed by atoms with Gasteiger partial charge in [0.25, 0.3) is 0 Å². The molecule has 0 aliphatic carbocycles.